The molecule has 1 fully saturated rings. The molecule has 2 rings (SSSR count). The van der Waals surface area contributed by atoms with Crippen LogP contribution in [-0.4, -0.2) is 61.1 Å². The van der Waals surface area contributed by atoms with Crippen LogP contribution in [0.5, 0.6) is 5.75 Å². The predicted molar refractivity (Wildman–Crippen MR) is 107 cm³/mol. The number of aliphatic hydroxyl groups excluding tert-OH is 1. The Morgan fingerprint density at radius 2 is 1.90 bits per heavy atom. The van der Waals surface area contributed by atoms with Crippen molar-refractivity contribution in [3.8, 4) is 5.75 Å². The number of likely N-dealkylation sites (tertiary alicyclic amines) is 1. The Balaban J connectivity index is 1.88. The van der Waals surface area contributed by atoms with Crippen molar-refractivity contribution in [1.29, 1.82) is 0 Å². The van der Waals surface area contributed by atoms with Crippen LogP contribution >= 0.6 is 0 Å². The maximum absolute atomic E-state index is 12.2. The van der Waals surface area contributed by atoms with Crippen molar-refractivity contribution < 1.29 is 23.0 Å². The van der Waals surface area contributed by atoms with Gasteiger partial charge in [0, 0.05) is 25.7 Å². The molecule has 1 heterocycles. The topological polar surface area (TPSA) is 69.1 Å². The van der Waals surface area contributed by atoms with Crippen LogP contribution < -0.4 is 15.4 Å². The summed E-state index contributed by atoms with van der Waals surface area (Å²) >= 11 is 0. The first kappa shape index (κ1) is 23.3. The van der Waals surface area contributed by atoms with E-state index in [-0.39, 0.29) is 12.3 Å². The van der Waals surface area contributed by atoms with Crippen molar-refractivity contribution in [2.75, 3.05) is 32.7 Å². The van der Waals surface area contributed by atoms with Gasteiger partial charge in [0.15, 0.2) is 5.96 Å². The third-order valence-corrected chi connectivity index (χ3v) is 4.73. The van der Waals surface area contributed by atoms with Gasteiger partial charge in [-0.05, 0) is 50.4 Å². The van der Waals surface area contributed by atoms with Crippen molar-refractivity contribution in [2.24, 2.45) is 4.99 Å². The molecule has 1 aromatic carbocycles. The second-order valence-electron chi connectivity index (χ2n) is 7.11. The first-order valence-electron chi connectivity index (χ1n) is 10.1. The van der Waals surface area contributed by atoms with E-state index in [4.69, 9.17) is 0 Å². The second kappa shape index (κ2) is 11.3. The van der Waals surface area contributed by atoms with Crippen LogP contribution in [0, 0.1) is 0 Å². The Kier molecular flexibility index (Phi) is 9.03. The molecule has 29 heavy (non-hydrogen) atoms. The van der Waals surface area contributed by atoms with Crippen molar-refractivity contribution in [2.45, 2.75) is 51.6 Å². The zero-order chi connectivity index (χ0) is 21.3. The molecule has 0 aliphatic carbocycles. The summed E-state index contributed by atoms with van der Waals surface area (Å²) < 4.78 is 40.5. The molecule has 1 atom stereocenters. The van der Waals surface area contributed by atoms with Crippen LogP contribution in [0.15, 0.2) is 29.3 Å². The van der Waals surface area contributed by atoms with E-state index in [1.165, 1.54) is 24.3 Å². The molecular weight excluding hydrogens is 385 g/mol. The first-order valence-corrected chi connectivity index (χ1v) is 10.1. The van der Waals surface area contributed by atoms with Crippen molar-refractivity contribution in [3.63, 3.8) is 0 Å². The number of piperidine rings is 1. The van der Waals surface area contributed by atoms with Crippen LogP contribution in [0.25, 0.3) is 0 Å². The number of aliphatic imine (C=N–C) groups is 1. The van der Waals surface area contributed by atoms with Gasteiger partial charge >= 0.3 is 6.36 Å². The van der Waals surface area contributed by atoms with E-state index in [0.29, 0.717) is 24.1 Å². The lowest BCUT2D eigenvalue weighted by atomic mass is 10.1. The SMILES string of the molecule is CCCN1CCC(NC(=NCC(O)c2ccc(OC(F)(F)F)cc2)NCC)CC1. The van der Waals surface area contributed by atoms with E-state index in [2.05, 4.69) is 32.2 Å². The van der Waals surface area contributed by atoms with Crippen LogP contribution in [-0.2, 0) is 0 Å². The van der Waals surface area contributed by atoms with Gasteiger partial charge in [-0.3, -0.25) is 4.99 Å². The monoisotopic (exact) mass is 416 g/mol. The number of guanidine groups is 1. The average molecular weight is 416 g/mol. The van der Waals surface area contributed by atoms with Gasteiger partial charge in [0.25, 0.3) is 0 Å². The lowest BCUT2D eigenvalue weighted by Gasteiger charge is -2.32. The normalized spacial score (nSPS) is 17.8. The molecular formula is C20H31F3N4O2. The number of hydrogen-bond acceptors (Lipinski definition) is 4. The number of benzene rings is 1. The fraction of sp³-hybridized carbons (Fsp3) is 0.650. The molecule has 6 nitrogen and oxygen atoms in total. The van der Waals surface area contributed by atoms with Gasteiger partial charge in [-0.25, -0.2) is 0 Å². The maximum atomic E-state index is 12.2. The summed E-state index contributed by atoms with van der Waals surface area (Å²) in [5.74, 6) is 0.318. The average Bonchev–Trinajstić information content (AvgIpc) is 2.67. The minimum absolute atomic E-state index is 0.101. The maximum Gasteiger partial charge on any atom is 0.573 e. The predicted octanol–water partition coefficient (Wildman–Crippen LogP) is 3.05. The molecule has 1 aliphatic heterocycles. The number of aliphatic hydroxyl groups is 1. The highest BCUT2D eigenvalue weighted by atomic mass is 19.4. The molecule has 0 spiro atoms. The quantitative estimate of drug-likeness (QED) is 0.449. The highest BCUT2D eigenvalue weighted by Crippen LogP contribution is 2.24. The molecule has 0 radical (unpaired) electrons. The number of rotatable bonds is 8. The highest BCUT2D eigenvalue weighted by Gasteiger charge is 2.31. The smallest absolute Gasteiger partial charge is 0.406 e. The summed E-state index contributed by atoms with van der Waals surface area (Å²) in [6, 6.07) is 5.51. The minimum Gasteiger partial charge on any atom is -0.406 e. The van der Waals surface area contributed by atoms with Crippen LogP contribution in [0.1, 0.15) is 44.8 Å². The van der Waals surface area contributed by atoms with Gasteiger partial charge in [0.05, 0.1) is 12.6 Å². The van der Waals surface area contributed by atoms with Gasteiger partial charge in [0.2, 0.25) is 0 Å². The van der Waals surface area contributed by atoms with Crippen LogP contribution in [0.4, 0.5) is 13.2 Å². The number of hydrogen-bond donors (Lipinski definition) is 3. The van der Waals surface area contributed by atoms with E-state index < -0.39 is 12.5 Å². The first-order chi connectivity index (χ1) is 13.8. The Morgan fingerprint density at radius 1 is 1.24 bits per heavy atom. The minimum atomic E-state index is -4.73. The highest BCUT2D eigenvalue weighted by molar-refractivity contribution is 5.80. The van der Waals surface area contributed by atoms with Crippen molar-refractivity contribution >= 4 is 5.96 Å². The Bertz CT molecular complexity index is 630. The van der Waals surface area contributed by atoms with Crippen molar-refractivity contribution in [3.05, 3.63) is 29.8 Å². The molecule has 164 valence electrons. The Labute approximate surface area is 170 Å². The molecule has 1 aromatic rings. The van der Waals surface area contributed by atoms with Crippen molar-refractivity contribution in [1.82, 2.24) is 15.5 Å². The standard InChI is InChI=1S/C20H31F3N4O2/c1-3-11-27-12-9-16(10-13-27)26-19(24-4-2)25-14-18(28)15-5-7-17(8-6-15)29-20(21,22)23/h5-8,16,18,28H,3-4,9-14H2,1-2H3,(H2,24,25,26). The summed E-state index contributed by atoms with van der Waals surface area (Å²) in [6.07, 6.45) is -2.43. The molecule has 0 saturated carbocycles. The lowest BCUT2D eigenvalue weighted by molar-refractivity contribution is -0.274. The fourth-order valence-corrected chi connectivity index (χ4v) is 3.31. The van der Waals surface area contributed by atoms with Gasteiger partial charge < -0.3 is 25.4 Å². The Morgan fingerprint density at radius 3 is 2.45 bits per heavy atom. The molecule has 1 unspecified atom stereocenters. The number of halogens is 3. The van der Waals surface area contributed by atoms with E-state index in [1.807, 2.05) is 6.92 Å². The molecule has 9 heteroatoms. The third kappa shape index (κ3) is 8.49. The zero-order valence-corrected chi connectivity index (χ0v) is 17.0. The van der Waals surface area contributed by atoms with E-state index in [1.54, 1.807) is 0 Å². The fourth-order valence-electron chi connectivity index (χ4n) is 3.31. The summed E-state index contributed by atoms with van der Waals surface area (Å²) in [7, 11) is 0. The number of ether oxygens (including phenoxy) is 1. The van der Waals surface area contributed by atoms with Gasteiger partial charge in [-0.2, -0.15) is 0 Å². The van der Waals surface area contributed by atoms with Gasteiger partial charge in [0.1, 0.15) is 5.75 Å². The number of nitrogens with zero attached hydrogens (tertiary/aromatic N) is 2. The molecule has 0 amide bonds. The summed E-state index contributed by atoms with van der Waals surface area (Å²) in [4.78, 5) is 6.90. The van der Waals surface area contributed by atoms with Crippen LogP contribution in [0.2, 0.25) is 0 Å². The van der Waals surface area contributed by atoms with Crippen LogP contribution in [0.3, 0.4) is 0 Å². The van der Waals surface area contributed by atoms with E-state index in [0.717, 1.165) is 38.9 Å². The Hall–Kier alpha value is -2.00. The lowest BCUT2D eigenvalue weighted by Crippen LogP contribution is -2.48. The summed E-state index contributed by atoms with van der Waals surface area (Å²) in [6.45, 7) is 8.18. The number of alkyl halides is 3. The summed E-state index contributed by atoms with van der Waals surface area (Å²) in [5, 5.41) is 16.9. The second-order valence-corrected chi connectivity index (χ2v) is 7.11. The van der Waals surface area contributed by atoms with Gasteiger partial charge in [-0.15, -0.1) is 13.2 Å². The molecule has 1 aliphatic rings. The largest absolute Gasteiger partial charge is 0.573 e. The molecule has 0 aromatic heterocycles. The molecule has 3 N–H and O–H groups in total. The molecule has 1 saturated heterocycles. The number of nitrogens with one attached hydrogen (secondary N) is 2. The molecule has 0 bridgehead atoms. The van der Waals surface area contributed by atoms with E-state index >= 15 is 0 Å². The summed E-state index contributed by atoms with van der Waals surface area (Å²) in [5.41, 5.74) is 0.479. The van der Waals surface area contributed by atoms with E-state index in [9.17, 15) is 18.3 Å². The third-order valence-electron chi connectivity index (χ3n) is 4.73. The zero-order valence-electron chi connectivity index (χ0n) is 17.0. The van der Waals surface area contributed by atoms with Gasteiger partial charge in [-0.1, -0.05) is 19.1 Å².